The number of thiophene rings is 1. The van der Waals surface area contributed by atoms with Gasteiger partial charge >= 0.3 is 0 Å². The van der Waals surface area contributed by atoms with Crippen molar-refractivity contribution in [2.45, 2.75) is 26.2 Å². The number of nitrogens with zero attached hydrogens (tertiary/aromatic N) is 2. The molecule has 0 saturated heterocycles. The van der Waals surface area contributed by atoms with Gasteiger partial charge in [-0.3, -0.25) is 9.48 Å². The average Bonchev–Trinajstić information content (AvgIpc) is 2.95. The smallest absolute Gasteiger partial charge is 0.265 e. The first kappa shape index (κ1) is 12.4. The summed E-state index contributed by atoms with van der Waals surface area (Å²) >= 11 is 1.63. The van der Waals surface area contributed by atoms with Crippen LogP contribution in [0.3, 0.4) is 0 Å². The molecular weight excluding hydrogens is 258 g/mol. The first-order valence-corrected chi connectivity index (χ1v) is 7.35. The van der Waals surface area contributed by atoms with Gasteiger partial charge in [-0.1, -0.05) is 6.92 Å². The second kappa shape index (κ2) is 4.81. The first-order valence-electron chi connectivity index (χ1n) is 6.53. The van der Waals surface area contributed by atoms with E-state index in [1.54, 1.807) is 28.4 Å². The number of hydrogen-bond donors (Lipinski definition) is 1. The van der Waals surface area contributed by atoms with Crippen molar-refractivity contribution in [1.82, 2.24) is 9.78 Å². The van der Waals surface area contributed by atoms with Crippen LogP contribution in [0.25, 0.3) is 0 Å². The number of aryl methyl sites for hydroxylation is 2. The molecule has 1 amide bonds. The van der Waals surface area contributed by atoms with Crippen molar-refractivity contribution < 1.29 is 4.79 Å². The van der Waals surface area contributed by atoms with Crippen molar-refractivity contribution in [3.8, 4) is 0 Å². The molecule has 0 fully saturated rings. The fraction of sp³-hybridized carbons (Fsp3) is 0.429. The maximum Gasteiger partial charge on any atom is 0.265 e. The number of hydrogen-bond acceptors (Lipinski definition) is 3. The maximum absolute atomic E-state index is 12.2. The zero-order valence-electron chi connectivity index (χ0n) is 11.1. The Kier molecular flexibility index (Phi) is 3.14. The number of amides is 1. The predicted molar refractivity (Wildman–Crippen MR) is 76.7 cm³/mol. The summed E-state index contributed by atoms with van der Waals surface area (Å²) in [7, 11) is 1.83. The lowest BCUT2D eigenvalue weighted by Crippen LogP contribution is -2.09. The minimum absolute atomic E-state index is 0.0277. The standard InChI is InChI=1S/C14H17N3OS/c1-9-3-4-12-10(5-9)6-13(19-12)14(18)16-11-7-15-17(2)8-11/h6-9H,3-5H2,1-2H3,(H,16,18)/t9-/m0/s1. The maximum atomic E-state index is 12.2. The van der Waals surface area contributed by atoms with E-state index < -0.39 is 0 Å². The van der Waals surface area contributed by atoms with Gasteiger partial charge in [-0.2, -0.15) is 5.10 Å². The van der Waals surface area contributed by atoms with Gasteiger partial charge in [0.1, 0.15) is 0 Å². The predicted octanol–water partition coefficient (Wildman–Crippen LogP) is 2.86. The lowest BCUT2D eigenvalue weighted by Gasteiger charge is -2.16. The van der Waals surface area contributed by atoms with Crippen molar-refractivity contribution in [3.05, 3.63) is 33.8 Å². The molecule has 1 atom stereocenters. The number of carbonyl (C=O) groups is 1. The highest BCUT2D eigenvalue weighted by atomic mass is 32.1. The molecule has 0 saturated carbocycles. The summed E-state index contributed by atoms with van der Waals surface area (Å²) in [4.78, 5) is 14.4. The van der Waals surface area contributed by atoms with Crippen LogP contribution in [-0.2, 0) is 19.9 Å². The molecule has 1 aliphatic rings. The number of fused-ring (bicyclic) bond motifs is 1. The molecule has 100 valence electrons. The summed E-state index contributed by atoms with van der Waals surface area (Å²) in [6, 6.07) is 2.06. The number of rotatable bonds is 2. The monoisotopic (exact) mass is 275 g/mol. The minimum atomic E-state index is -0.0277. The number of carbonyl (C=O) groups excluding carboxylic acids is 1. The first-order chi connectivity index (χ1) is 9.11. The summed E-state index contributed by atoms with van der Waals surface area (Å²) < 4.78 is 1.68. The van der Waals surface area contributed by atoms with E-state index in [0.717, 1.165) is 29.3 Å². The third-order valence-corrected chi connectivity index (χ3v) is 4.75. The number of anilines is 1. The van der Waals surface area contributed by atoms with Gasteiger partial charge in [0.15, 0.2) is 0 Å². The van der Waals surface area contributed by atoms with E-state index in [1.165, 1.54) is 16.9 Å². The molecule has 0 radical (unpaired) electrons. The largest absolute Gasteiger partial charge is 0.319 e. The van der Waals surface area contributed by atoms with Crippen LogP contribution >= 0.6 is 11.3 Å². The van der Waals surface area contributed by atoms with Crippen LogP contribution in [0.5, 0.6) is 0 Å². The molecule has 2 aromatic heterocycles. The van der Waals surface area contributed by atoms with Gasteiger partial charge < -0.3 is 5.32 Å². The Balaban J connectivity index is 1.77. The van der Waals surface area contributed by atoms with Crippen molar-refractivity contribution in [3.63, 3.8) is 0 Å². The molecular formula is C14H17N3OS. The Morgan fingerprint density at radius 1 is 1.58 bits per heavy atom. The third kappa shape index (κ3) is 2.56. The average molecular weight is 275 g/mol. The zero-order chi connectivity index (χ0) is 13.4. The Bertz CT molecular complexity index is 614. The second-order valence-electron chi connectivity index (χ2n) is 5.26. The summed E-state index contributed by atoms with van der Waals surface area (Å²) in [6.07, 6.45) is 6.91. The van der Waals surface area contributed by atoms with Gasteiger partial charge in [-0.05, 0) is 36.8 Å². The zero-order valence-corrected chi connectivity index (χ0v) is 12.0. The molecule has 5 heteroatoms. The molecule has 0 spiro atoms. The highest BCUT2D eigenvalue weighted by Crippen LogP contribution is 2.32. The number of nitrogens with one attached hydrogen (secondary N) is 1. The Morgan fingerprint density at radius 3 is 3.16 bits per heavy atom. The number of aromatic nitrogens is 2. The minimum Gasteiger partial charge on any atom is -0.319 e. The van der Waals surface area contributed by atoms with Gasteiger partial charge in [0.25, 0.3) is 5.91 Å². The molecule has 2 aromatic rings. The quantitative estimate of drug-likeness (QED) is 0.916. The molecule has 1 aliphatic carbocycles. The van der Waals surface area contributed by atoms with Crippen molar-refractivity contribution >= 4 is 22.9 Å². The van der Waals surface area contributed by atoms with E-state index in [9.17, 15) is 4.79 Å². The Morgan fingerprint density at radius 2 is 2.42 bits per heavy atom. The molecule has 3 rings (SSSR count). The summed E-state index contributed by atoms with van der Waals surface area (Å²) in [5.74, 6) is 0.705. The van der Waals surface area contributed by atoms with Crippen LogP contribution in [0.2, 0.25) is 0 Å². The molecule has 0 aromatic carbocycles. The van der Waals surface area contributed by atoms with Gasteiger partial charge in [0, 0.05) is 18.1 Å². The van der Waals surface area contributed by atoms with E-state index >= 15 is 0 Å². The van der Waals surface area contributed by atoms with Crippen molar-refractivity contribution in [2.24, 2.45) is 13.0 Å². The van der Waals surface area contributed by atoms with Gasteiger partial charge in [0.2, 0.25) is 0 Å². The topological polar surface area (TPSA) is 46.9 Å². The van der Waals surface area contributed by atoms with Crippen molar-refractivity contribution in [1.29, 1.82) is 0 Å². The van der Waals surface area contributed by atoms with E-state index in [2.05, 4.69) is 23.4 Å². The molecule has 0 unspecified atom stereocenters. The van der Waals surface area contributed by atoms with Gasteiger partial charge in [-0.15, -0.1) is 11.3 Å². The fourth-order valence-electron chi connectivity index (χ4n) is 2.50. The Hall–Kier alpha value is -1.62. The van der Waals surface area contributed by atoms with Crippen LogP contribution in [0.15, 0.2) is 18.5 Å². The van der Waals surface area contributed by atoms with Crippen molar-refractivity contribution in [2.75, 3.05) is 5.32 Å². The second-order valence-corrected chi connectivity index (χ2v) is 6.40. The summed E-state index contributed by atoms with van der Waals surface area (Å²) in [5, 5.41) is 6.93. The lowest BCUT2D eigenvalue weighted by atomic mass is 9.90. The van der Waals surface area contributed by atoms with E-state index in [0.29, 0.717) is 0 Å². The van der Waals surface area contributed by atoms with Crippen LogP contribution in [0, 0.1) is 5.92 Å². The third-order valence-electron chi connectivity index (χ3n) is 3.52. The molecule has 0 aliphatic heterocycles. The van der Waals surface area contributed by atoms with E-state index in [4.69, 9.17) is 0 Å². The van der Waals surface area contributed by atoms with Gasteiger partial charge in [0.05, 0.1) is 16.8 Å². The molecule has 4 nitrogen and oxygen atoms in total. The van der Waals surface area contributed by atoms with Crippen LogP contribution in [-0.4, -0.2) is 15.7 Å². The Labute approximate surface area is 116 Å². The van der Waals surface area contributed by atoms with E-state index in [-0.39, 0.29) is 5.91 Å². The molecule has 1 N–H and O–H groups in total. The molecule has 19 heavy (non-hydrogen) atoms. The summed E-state index contributed by atoms with van der Waals surface area (Å²) in [6.45, 7) is 2.27. The van der Waals surface area contributed by atoms with E-state index in [1.807, 2.05) is 7.05 Å². The highest BCUT2D eigenvalue weighted by Gasteiger charge is 2.20. The fourth-order valence-corrected chi connectivity index (χ4v) is 3.60. The molecule has 2 heterocycles. The van der Waals surface area contributed by atoms with Crippen LogP contribution in [0.4, 0.5) is 5.69 Å². The van der Waals surface area contributed by atoms with Crippen LogP contribution < -0.4 is 5.32 Å². The lowest BCUT2D eigenvalue weighted by molar-refractivity contribution is 0.103. The highest BCUT2D eigenvalue weighted by molar-refractivity contribution is 7.14. The SMILES string of the molecule is C[C@H]1CCc2sc(C(=O)Nc3cnn(C)c3)cc2C1. The normalized spacial score (nSPS) is 18.1. The molecule has 0 bridgehead atoms. The summed E-state index contributed by atoms with van der Waals surface area (Å²) in [5.41, 5.74) is 2.10. The van der Waals surface area contributed by atoms with Gasteiger partial charge in [-0.25, -0.2) is 0 Å². The van der Waals surface area contributed by atoms with Crippen LogP contribution in [0.1, 0.15) is 33.5 Å².